The van der Waals surface area contributed by atoms with Gasteiger partial charge in [0.2, 0.25) is 12.3 Å². The van der Waals surface area contributed by atoms with Crippen molar-refractivity contribution in [2.75, 3.05) is 13.7 Å². The smallest absolute Gasteiger partial charge is 0.273 e. The summed E-state index contributed by atoms with van der Waals surface area (Å²) < 4.78 is 38.1. The lowest BCUT2D eigenvalue weighted by Gasteiger charge is -2.40. The van der Waals surface area contributed by atoms with Crippen LogP contribution in [0, 0.1) is 0 Å². The molecule has 0 radical (unpaired) electrons. The maximum Gasteiger partial charge on any atom is 0.273 e. The fraction of sp³-hybridized carbons (Fsp3) is 0.379. The van der Waals surface area contributed by atoms with E-state index in [2.05, 4.69) is 33.0 Å². The van der Waals surface area contributed by atoms with Crippen LogP contribution in [-0.2, 0) is 16.0 Å². The van der Waals surface area contributed by atoms with Crippen molar-refractivity contribution in [3.8, 4) is 11.6 Å². The van der Waals surface area contributed by atoms with Crippen LogP contribution in [0.2, 0.25) is 5.15 Å². The fourth-order valence-electron chi connectivity index (χ4n) is 6.60. The Hall–Kier alpha value is -2.75. The summed E-state index contributed by atoms with van der Waals surface area (Å²) in [4.78, 5) is 15.6. The highest BCUT2D eigenvalue weighted by atomic mass is 79.9. The van der Waals surface area contributed by atoms with Crippen molar-refractivity contribution in [2.45, 2.75) is 54.3 Å². The minimum atomic E-state index is -2.59. The average molecular weight is 620 g/mol. The fourth-order valence-corrected chi connectivity index (χ4v) is 7.04. The number of hydrogen-bond donors (Lipinski definition) is 1. The third-order valence-electron chi connectivity index (χ3n) is 8.69. The lowest BCUT2D eigenvalue weighted by molar-refractivity contribution is -0.132. The molecule has 204 valence electrons. The number of rotatable bonds is 4. The van der Waals surface area contributed by atoms with E-state index in [-0.39, 0.29) is 17.5 Å². The van der Waals surface area contributed by atoms with Gasteiger partial charge in [-0.3, -0.25) is 4.79 Å². The molecule has 1 spiro atoms. The van der Waals surface area contributed by atoms with Crippen LogP contribution in [0.4, 0.5) is 8.78 Å². The monoisotopic (exact) mass is 618 g/mol. The second-order valence-corrected chi connectivity index (χ2v) is 11.8. The minimum Gasteiger partial charge on any atom is -0.481 e. The highest BCUT2D eigenvalue weighted by Gasteiger charge is 2.77. The number of hydrogen-bond acceptors (Lipinski definition) is 5. The Balaban J connectivity index is 0.000000231. The van der Waals surface area contributed by atoms with Crippen molar-refractivity contribution < 1.29 is 28.2 Å². The zero-order chi connectivity index (χ0) is 27.6. The van der Waals surface area contributed by atoms with Crippen LogP contribution < -0.4 is 9.47 Å². The molecule has 2 aliphatic carbocycles. The summed E-state index contributed by atoms with van der Waals surface area (Å²) in [7, 11) is 1.53. The topological polar surface area (TPSA) is 71.9 Å². The number of aliphatic hydroxyl groups is 1. The van der Waals surface area contributed by atoms with Gasteiger partial charge in [-0.15, -0.1) is 0 Å². The van der Waals surface area contributed by atoms with Crippen LogP contribution >= 0.6 is 27.5 Å². The molecule has 2 aromatic carbocycles. The van der Waals surface area contributed by atoms with Crippen molar-refractivity contribution >= 4 is 33.9 Å². The molecular formula is C29H26BrClF2N2O4. The lowest BCUT2D eigenvalue weighted by atomic mass is 9.72. The van der Waals surface area contributed by atoms with Crippen LogP contribution in [0.15, 0.2) is 65.1 Å². The van der Waals surface area contributed by atoms with Gasteiger partial charge in [0.25, 0.3) is 5.92 Å². The lowest BCUT2D eigenvalue weighted by Crippen LogP contribution is -2.52. The second-order valence-electron chi connectivity index (χ2n) is 10.5. The number of nitrogens with zero attached hydrogens (tertiary/aromatic N) is 2. The van der Waals surface area contributed by atoms with Gasteiger partial charge in [-0.25, -0.2) is 13.8 Å². The molecule has 2 aliphatic heterocycles. The second kappa shape index (κ2) is 9.14. The first-order valence-corrected chi connectivity index (χ1v) is 13.9. The summed E-state index contributed by atoms with van der Waals surface area (Å²) in [5.41, 5.74) is -0.724. The predicted molar refractivity (Wildman–Crippen MR) is 144 cm³/mol. The Morgan fingerprint density at radius 3 is 2.41 bits per heavy atom. The Bertz CT molecular complexity index is 1430. The third-order valence-corrected chi connectivity index (χ3v) is 9.41. The molecule has 6 nitrogen and oxygen atoms in total. The number of amides is 1. The summed E-state index contributed by atoms with van der Waals surface area (Å²) in [6, 6.07) is 19.8. The summed E-state index contributed by atoms with van der Waals surface area (Å²) in [6.07, 6.45) is 2.15. The van der Waals surface area contributed by atoms with Gasteiger partial charge in [0.1, 0.15) is 22.0 Å². The minimum absolute atomic E-state index is 0.0502. The van der Waals surface area contributed by atoms with Gasteiger partial charge in [-0.2, -0.15) is 0 Å². The Morgan fingerprint density at radius 2 is 1.87 bits per heavy atom. The molecule has 1 saturated heterocycles. The van der Waals surface area contributed by atoms with E-state index < -0.39 is 22.7 Å². The molecule has 39 heavy (non-hydrogen) atoms. The Kier molecular flexibility index (Phi) is 6.21. The van der Waals surface area contributed by atoms with Crippen molar-refractivity contribution in [1.82, 2.24) is 9.88 Å². The van der Waals surface area contributed by atoms with Crippen LogP contribution in [0.1, 0.15) is 48.3 Å². The van der Waals surface area contributed by atoms with Gasteiger partial charge < -0.3 is 19.5 Å². The Morgan fingerprint density at radius 1 is 1.18 bits per heavy atom. The zero-order valence-electron chi connectivity index (χ0n) is 21.0. The molecule has 4 unspecified atom stereocenters. The number of pyridine rings is 1. The molecule has 2 saturated carbocycles. The summed E-state index contributed by atoms with van der Waals surface area (Å²) in [6.45, 7) is 0.499. The molecule has 0 bridgehead atoms. The molecule has 1 amide bonds. The normalized spacial score (nSPS) is 30.8. The molecule has 3 aromatic rings. The number of carbonyl (C=O) groups excluding carboxylic acids is 1. The zero-order valence-corrected chi connectivity index (χ0v) is 23.4. The molecule has 7 rings (SSSR count). The molecule has 3 heterocycles. The first-order chi connectivity index (χ1) is 18.6. The molecule has 4 aliphatic rings. The van der Waals surface area contributed by atoms with Gasteiger partial charge in [0, 0.05) is 29.4 Å². The van der Waals surface area contributed by atoms with E-state index in [1.807, 2.05) is 42.5 Å². The van der Waals surface area contributed by atoms with Crippen LogP contribution in [0.3, 0.4) is 0 Å². The van der Waals surface area contributed by atoms with Gasteiger partial charge >= 0.3 is 0 Å². The highest BCUT2D eigenvalue weighted by molar-refractivity contribution is 9.10. The van der Waals surface area contributed by atoms with E-state index in [9.17, 15) is 18.7 Å². The first kappa shape index (κ1) is 26.5. The largest absolute Gasteiger partial charge is 0.481 e. The molecule has 4 atom stereocenters. The summed E-state index contributed by atoms with van der Waals surface area (Å²) in [5.74, 6) is -1.81. The van der Waals surface area contributed by atoms with Crippen molar-refractivity contribution in [1.29, 1.82) is 0 Å². The third kappa shape index (κ3) is 3.73. The molecule has 1 N–H and O–H groups in total. The van der Waals surface area contributed by atoms with E-state index in [4.69, 9.17) is 21.1 Å². The molecule has 3 fully saturated rings. The average Bonchev–Trinajstić information content (AvgIpc) is 3.29. The summed E-state index contributed by atoms with van der Waals surface area (Å²) in [5, 5.41) is 12.5. The number of aromatic nitrogens is 1. The van der Waals surface area contributed by atoms with Crippen LogP contribution in [-0.4, -0.2) is 46.5 Å². The number of likely N-dealkylation sites (tertiary alicyclic amines) is 1. The number of benzene rings is 2. The van der Waals surface area contributed by atoms with E-state index in [0.717, 1.165) is 22.0 Å². The standard InChI is InChI=1S/C23H19BrClNO3.C6H7F2NO/c1-28-21-20-18(13-19(25)26-21)29-23(15-7-9-16(24)10-8-15)17(11-12-22(20,23)27)14-5-3-2-4-6-14;7-6(8)3-5(6)1-2-9(5)4-10/h2-10,13,17,27H,11-12H2,1H3;4H,1-3H2. The molecule has 10 heteroatoms. The van der Waals surface area contributed by atoms with E-state index in [1.54, 1.807) is 6.07 Å². The predicted octanol–water partition coefficient (Wildman–Crippen LogP) is 6.19. The van der Waals surface area contributed by atoms with Gasteiger partial charge in [0.15, 0.2) is 5.60 Å². The SMILES string of the molecule is COc1nc(Cl)cc2c1C1(O)CCC(c3ccccc3)C1(c1ccc(Br)cc1)O2.O=CN1CCC12CC2(F)F. The van der Waals surface area contributed by atoms with Gasteiger partial charge in [-0.1, -0.05) is 70.0 Å². The van der Waals surface area contributed by atoms with E-state index in [1.165, 1.54) is 12.0 Å². The van der Waals surface area contributed by atoms with E-state index >= 15 is 0 Å². The van der Waals surface area contributed by atoms with Gasteiger partial charge in [0.05, 0.1) is 12.7 Å². The maximum absolute atomic E-state index is 12.5. The first-order valence-electron chi connectivity index (χ1n) is 12.7. The number of alkyl halides is 2. The quantitative estimate of drug-likeness (QED) is 0.279. The number of fused-ring (bicyclic) bond motifs is 3. The number of methoxy groups -OCH3 is 1. The van der Waals surface area contributed by atoms with Crippen molar-refractivity contribution in [2.24, 2.45) is 0 Å². The van der Waals surface area contributed by atoms with Gasteiger partial charge in [-0.05, 0) is 42.5 Å². The Labute approximate surface area is 238 Å². The number of halogens is 4. The van der Waals surface area contributed by atoms with Crippen molar-refractivity contribution in [3.05, 3.63) is 87.0 Å². The van der Waals surface area contributed by atoms with Crippen LogP contribution in [0.25, 0.3) is 0 Å². The summed E-state index contributed by atoms with van der Waals surface area (Å²) >= 11 is 9.72. The number of carbonyl (C=O) groups is 1. The van der Waals surface area contributed by atoms with Crippen LogP contribution in [0.5, 0.6) is 11.6 Å². The number of ether oxygens (including phenoxy) is 2. The molecular weight excluding hydrogens is 594 g/mol. The van der Waals surface area contributed by atoms with E-state index in [0.29, 0.717) is 43.0 Å². The highest BCUT2D eigenvalue weighted by Crippen LogP contribution is 2.68. The maximum atomic E-state index is 12.5. The van der Waals surface area contributed by atoms with Crippen molar-refractivity contribution in [3.63, 3.8) is 0 Å². The molecule has 1 aromatic heterocycles.